The van der Waals surface area contributed by atoms with Crippen LogP contribution < -0.4 is 9.62 Å². The molecule has 10 heteroatoms. The van der Waals surface area contributed by atoms with E-state index in [1.54, 1.807) is 24.3 Å². The average Bonchev–Trinajstić information content (AvgIpc) is 3.57. The third-order valence-corrected chi connectivity index (χ3v) is 10.7. The molecule has 5 rings (SSSR count). The molecule has 1 N–H and O–H groups in total. The van der Waals surface area contributed by atoms with Crippen molar-refractivity contribution in [2.45, 2.75) is 69.5 Å². The predicted octanol–water partition coefficient (Wildman–Crippen LogP) is 6.99. The summed E-state index contributed by atoms with van der Waals surface area (Å²) in [5, 5.41) is 3.53. The Kier molecular flexibility index (Phi) is 11.0. The predicted molar refractivity (Wildman–Crippen MR) is 183 cm³/mol. The van der Waals surface area contributed by atoms with Crippen molar-refractivity contribution >= 4 is 39.1 Å². The van der Waals surface area contributed by atoms with Gasteiger partial charge in [0.05, 0.1) is 10.6 Å². The standard InChI is InChI=1S/C37H39ClFN3O4S/c1-26-12-19-33(22-27(26)2)42(47(45,46)34-20-15-30(38)16-21-34)25-36(43)41(24-29-13-17-31(39)18-14-29)35(23-28-8-4-3-5-9-28)37(44)40-32-10-6-7-11-32/h3-5,8-9,12-22,32,35H,6-7,10-11,23-25H2,1-2H3,(H,40,44)/t35-/m1/s1. The lowest BCUT2D eigenvalue weighted by atomic mass is 10.0. The van der Waals surface area contributed by atoms with Crippen molar-refractivity contribution in [3.8, 4) is 0 Å². The summed E-state index contributed by atoms with van der Waals surface area (Å²) in [7, 11) is -4.25. The van der Waals surface area contributed by atoms with Crippen molar-refractivity contribution in [1.29, 1.82) is 0 Å². The zero-order valence-corrected chi connectivity index (χ0v) is 28.1. The highest BCUT2D eigenvalue weighted by Crippen LogP contribution is 2.28. The number of aryl methyl sites for hydroxylation is 2. The Bertz CT molecular complexity index is 1800. The van der Waals surface area contributed by atoms with E-state index in [2.05, 4.69) is 5.32 Å². The van der Waals surface area contributed by atoms with E-state index in [9.17, 15) is 22.4 Å². The lowest BCUT2D eigenvalue weighted by Crippen LogP contribution is -2.54. The first-order chi connectivity index (χ1) is 22.5. The Balaban J connectivity index is 1.57. The summed E-state index contributed by atoms with van der Waals surface area (Å²) in [5.74, 6) is -1.32. The number of anilines is 1. The molecule has 1 atom stereocenters. The van der Waals surface area contributed by atoms with Crippen LogP contribution >= 0.6 is 11.6 Å². The topological polar surface area (TPSA) is 86.8 Å². The van der Waals surface area contributed by atoms with Gasteiger partial charge in [-0.1, -0.05) is 73.0 Å². The first-order valence-corrected chi connectivity index (χ1v) is 17.6. The molecule has 0 heterocycles. The first kappa shape index (κ1) is 34.1. The molecule has 1 fully saturated rings. The van der Waals surface area contributed by atoms with Gasteiger partial charge in [-0.3, -0.25) is 13.9 Å². The number of rotatable bonds is 12. The molecule has 0 aromatic heterocycles. The Morgan fingerprint density at radius 1 is 0.872 bits per heavy atom. The van der Waals surface area contributed by atoms with Crippen LogP contribution in [0.25, 0.3) is 0 Å². The van der Waals surface area contributed by atoms with E-state index < -0.39 is 34.3 Å². The molecule has 0 spiro atoms. The number of nitrogens with zero attached hydrogens (tertiary/aromatic N) is 2. The quantitative estimate of drug-likeness (QED) is 0.175. The fourth-order valence-electron chi connectivity index (χ4n) is 5.85. The molecular weight excluding hydrogens is 637 g/mol. The third-order valence-electron chi connectivity index (χ3n) is 8.70. The van der Waals surface area contributed by atoms with E-state index in [-0.39, 0.29) is 29.8 Å². The molecule has 47 heavy (non-hydrogen) atoms. The van der Waals surface area contributed by atoms with Crippen LogP contribution in [0.4, 0.5) is 10.1 Å². The molecule has 1 saturated carbocycles. The van der Waals surface area contributed by atoms with Crippen LogP contribution in [0.5, 0.6) is 0 Å². The molecule has 0 aliphatic heterocycles. The zero-order valence-electron chi connectivity index (χ0n) is 26.5. The van der Waals surface area contributed by atoms with Gasteiger partial charge in [0.15, 0.2) is 0 Å². The Hall–Kier alpha value is -4.21. The highest BCUT2D eigenvalue weighted by Gasteiger charge is 2.35. The third kappa shape index (κ3) is 8.58. The van der Waals surface area contributed by atoms with Gasteiger partial charge in [0.1, 0.15) is 18.4 Å². The highest BCUT2D eigenvalue weighted by molar-refractivity contribution is 7.92. The molecule has 4 aromatic rings. The summed E-state index contributed by atoms with van der Waals surface area (Å²) in [6.45, 7) is 3.19. The van der Waals surface area contributed by atoms with Crippen LogP contribution in [0.1, 0.15) is 47.9 Å². The normalized spacial score (nSPS) is 14.0. The summed E-state index contributed by atoms with van der Waals surface area (Å²) >= 11 is 6.07. The van der Waals surface area contributed by atoms with Crippen LogP contribution in [-0.4, -0.2) is 43.8 Å². The van der Waals surface area contributed by atoms with Gasteiger partial charge in [-0.05, 0) is 97.5 Å². The number of hydrogen-bond acceptors (Lipinski definition) is 4. The fraction of sp³-hybridized carbons (Fsp3) is 0.297. The summed E-state index contributed by atoms with van der Waals surface area (Å²) in [5.41, 5.74) is 3.58. The van der Waals surface area contributed by atoms with Crippen molar-refractivity contribution in [1.82, 2.24) is 10.2 Å². The van der Waals surface area contributed by atoms with E-state index >= 15 is 0 Å². The monoisotopic (exact) mass is 675 g/mol. The number of carbonyl (C=O) groups is 2. The molecular formula is C37H39ClFN3O4S. The number of halogens is 2. The molecule has 1 aliphatic rings. The first-order valence-electron chi connectivity index (χ1n) is 15.7. The number of benzene rings is 4. The van der Waals surface area contributed by atoms with Crippen LogP contribution in [0, 0.1) is 19.7 Å². The minimum absolute atomic E-state index is 0.000797. The molecule has 0 radical (unpaired) electrons. The van der Waals surface area contributed by atoms with Gasteiger partial charge in [-0.2, -0.15) is 0 Å². The second-order valence-electron chi connectivity index (χ2n) is 12.1. The second-order valence-corrected chi connectivity index (χ2v) is 14.4. The van der Waals surface area contributed by atoms with Gasteiger partial charge in [0.2, 0.25) is 11.8 Å². The Morgan fingerprint density at radius 2 is 1.53 bits per heavy atom. The van der Waals surface area contributed by atoms with Gasteiger partial charge in [0, 0.05) is 24.0 Å². The van der Waals surface area contributed by atoms with Crippen LogP contribution in [0.15, 0.2) is 102 Å². The molecule has 2 amide bonds. The zero-order chi connectivity index (χ0) is 33.6. The molecule has 0 unspecified atom stereocenters. The van der Waals surface area contributed by atoms with Gasteiger partial charge < -0.3 is 10.2 Å². The van der Waals surface area contributed by atoms with Crippen LogP contribution in [0.3, 0.4) is 0 Å². The summed E-state index contributed by atoms with van der Waals surface area (Å²) < 4.78 is 43.4. The van der Waals surface area contributed by atoms with E-state index in [0.717, 1.165) is 46.7 Å². The molecule has 0 bridgehead atoms. The smallest absolute Gasteiger partial charge is 0.264 e. The van der Waals surface area contributed by atoms with Gasteiger partial charge in [-0.25, -0.2) is 12.8 Å². The second kappa shape index (κ2) is 15.1. The van der Waals surface area contributed by atoms with E-state index in [4.69, 9.17) is 11.6 Å². The van der Waals surface area contributed by atoms with Gasteiger partial charge in [0.25, 0.3) is 10.0 Å². The lowest BCUT2D eigenvalue weighted by Gasteiger charge is -2.34. The number of nitrogens with one attached hydrogen (secondary N) is 1. The van der Waals surface area contributed by atoms with E-state index in [1.807, 2.05) is 50.2 Å². The van der Waals surface area contributed by atoms with Gasteiger partial charge in [-0.15, -0.1) is 0 Å². The van der Waals surface area contributed by atoms with Crippen molar-refractivity contribution in [3.05, 3.63) is 130 Å². The molecule has 4 aromatic carbocycles. The average molecular weight is 676 g/mol. The highest BCUT2D eigenvalue weighted by atomic mass is 35.5. The summed E-state index contributed by atoms with van der Waals surface area (Å²) in [6.07, 6.45) is 3.95. The number of carbonyl (C=O) groups excluding carboxylic acids is 2. The maximum Gasteiger partial charge on any atom is 0.264 e. The summed E-state index contributed by atoms with van der Waals surface area (Å²) in [4.78, 5) is 30.1. The van der Waals surface area contributed by atoms with Crippen LogP contribution in [0.2, 0.25) is 5.02 Å². The minimum atomic E-state index is -4.25. The van der Waals surface area contributed by atoms with E-state index in [1.165, 1.54) is 41.3 Å². The van der Waals surface area contributed by atoms with E-state index in [0.29, 0.717) is 16.3 Å². The largest absolute Gasteiger partial charge is 0.352 e. The lowest BCUT2D eigenvalue weighted by molar-refractivity contribution is -0.140. The summed E-state index contributed by atoms with van der Waals surface area (Å²) in [6, 6.07) is 25.1. The van der Waals surface area contributed by atoms with Crippen molar-refractivity contribution in [2.75, 3.05) is 10.8 Å². The number of amides is 2. The Labute approximate surface area is 281 Å². The van der Waals surface area contributed by atoms with Crippen LogP contribution in [-0.2, 0) is 32.6 Å². The molecule has 1 aliphatic carbocycles. The van der Waals surface area contributed by atoms with Gasteiger partial charge >= 0.3 is 0 Å². The fourth-order valence-corrected chi connectivity index (χ4v) is 7.38. The van der Waals surface area contributed by atoms with Crippen molar-refractivity contribution in [2.24, 2.45) is 0 Å². The number of hydrogen-bond donors (Lipinski definition) is 1. The number of sulfonamides is 1. The molecule has 246 valence electrons. The van der Waals surface area contributed by atoms with Crippen molar-refractivity contribution < 1.29 is 22.4 Å². The maximum absolute atomic E-state index is 14.6. The van der Waals surface area contributed by atoms with Crippen molar-refractivity contribution in [3.63, 3.8) is 0 Å². The molecule has 0 saturated heterocycles. The minimum Gasteiger partial charge on any atom is -0.352 e. The Morgan fingerprint density at radius 3 is 2.17 bits per heavy atom. The maximum atomic E-state index is 14.6. The SMILES string of the molecule is Cc1ccc(N(CC(=O)N(Cc2ccc(F)cc2)[C@H](Cc2ccccc2)C(=O)NC2CCCC2)S(=O)(=O)c2ccc(Cl)cc2)cc1C. The molecule has 7 nitrogen and oxygen atoms in total.